The Morgan fingerprint density at radius 2 is 1.91 bits per heavy atom. The van der Waals surface area contributed by atoms with Crippen LogP contribution in [-0.4, -0.2) is 33.3 Å². The lowest BCUT2D eigenvalue weighted by Gasteiger charge is -2.12. The number of amides is 2. The van der Waals surface area contributed by atoms with Crippen LogP contribution in [0.25, 0.3) is 11.4 Å². The monoisotopic (exact) mass is 453 g/mol. The van der Waals surface area contributed by atoms with Crippen molar-refractivity contribution in [3.63, 3.8) is 0 Å². The second-order valence-corrected chi connectivity index (χ2v) is 7.64. The number of nitrogens with one attached hydrogen (secondary N) is 3. The first-order valence-corrected chi connectivity index (χ1v) is 10.6. The van der Waals surface area contributed by atoms with E-state index in [2.05, 4.69) is 25.6 Å². The number of rotatable bonds is 8. The van der Waals surface area contributed by atoms with Crippen molar-refractivity contribution in [2.24, 2.45) is 0 Å². The number of pyridine rings is 1. The van der Waals surface area contributed by atoms with Crippen LogP contribution in [0.1, 0.15) is 41.4 Å². The normalized spacial score (nSPS) is 10.6. The molecule has 0 aliphatic rings. The van der Waals surface area contributed by atoms with Gasteiger partial charge < -0.3 is 15.6 Å². The van der Waals surface area contributed by atoms with Crippen LogP contribution in [0.4, 0.5) is 5.69 Å². The molecule has 3 aromatic rings. The second kappa shape index (κ2) is 10.7. The number of nitrogens with zero attached hydrogens (tertiary/aromatic N) is 2. The molecule has 166 valence electrons. The van der Waals surface area contributed by atoms with Gasteiger partial charge in [0.25, 0.3) is 11.5 Å². The number of H-pyrrole nitrogens is 1. The van der Waals surface area contributed by atoms with E-state index in [1.54, 1.807) is 43.6 Å². The zero-order valence-electron chi connectivity index (χ0n) is 17.9. The van der Waals surface area contributed by atoms with Gasteiger partial charge in [0.15, 0.2) is 0 Å². The summed E-state index contributed by atoms with van der Waals surface area (Å²) in [6, 6.07) is 8.20. The van der Waals surface area contributed by atoms with Crippen LogP contribution in [0.15, 0.2) is 47.5 Å². The van der Waals surface area contributed by atoms with E-state index in [-0.39, 0.29) is 30.2 Å². The number of hydrogen-bond acceptors (Lipinski definition) is 5. The Morgan fingerprint density at radius 3 is 2.59 bits per heavy atom. The summed E-state index contributed by atoms with van der Waals surface area (Å²) in [5.74, 6) is -0.180. The second-order valence-electron chi connectivity index (χ2n) is 7.21. The number of hydrogen-bond donors (Lipinski definition) is 3. The summed E-state index contributed by atoms with van der Waals surface area (Å²) >= 11 is 6.05. The highest BCUT2D eigenvalue weighted by Crippen LogP contribution is 2.22. The molecule has 9 heteroatoms. The highest BCUT2D eigenvalue weighted by atomic mass is 35.5. The van der Waals surface area contributed by atoms with Crippen LogP contribution < -0.4 is 16.2 Å². The summed E-state index contributed by atoms with van der Waals surface area (Å²) < 4.78 is 0. The third kappa shape index (κ3) is 5.79. The summed E-state index contributed by atoms with van der Waals surface area (Å²) in [4.78, 5) is 48.7. The van der Waals surface area contributed by atoms with Gasteiger partial charge in [-0.15, -0.1) is 0 Å². The zero-order valence-corrected chi connectivity index (χ0v) is 18.6. The van der Waals surface area contributed by atoms with Crippen LogP contribution in [0.3, 0.4) is 0 Å². The van der Waals surface area contributed by atoms with Crippen LogP contribution >= 0.6 is 11.6 Å². The molecule has 2 amide bonds. The fraction of sp³-hybridized carbons (Fsp3) is 0.261. The Labute approximate surface area is 190 Å². The molecule has 3 rings (SSSR count). The molecule has 3 N–H and O–H groups in total. The number of carbonyl (C=O) groups is 2. The smallest absolute Gasteiger partial charge is 0.254 e. The molecule has 0 aliphatic carbocycles. The SMILES string of the molecule is CCCNC(=O)c1ccc(Cl)cc1NC(=O)CCc1c(C)nc(-c2ccncc2)[nH]c1=O. The van der Waals surface area contributed by atoms with Crippen LogP contribution in [0.2, 0.25) is 5.02 Å². The summed E-state index contributed by atoms with van der Waals surface area (Å²) in [5.41, 5.74) is 2.10. The molecule has 0 saturated carbocycles. The lowest BCUT2D eigenvalue weighted by Crippen LogP contribution is -2.26. The molecule has 0 unspecified atom stereocenters. The fourth-order valence-electron chi connectivity index (χ4n) is 3.15. The van der Waals surface area contributed by atoms with E-state index in [9.17, 15) is 14.4 Å². The molecule has 2 aromatic heterocycles. The average Bonchev–Trinajstić information content (AvgIpc) is 2.77. The third-order valence-corrected chi connectivity index (χ3v) is 5.05. The van der Waals surface area contributed by atoms with Crippen LogP contribution in [-0.2, 0) is 11.2 Å². The minimum Gasteiger partial charge on any atom is -0.352 e. The summed E-state index contributed by atoms with van der Waals surface area (Å²) in [6.45, 7) is 4.21. The Morgan fingerprint density at radius 1 is 1.16 bits per heavy atom. The quantitative estimate of drug-likeness (QED) is 0.482. The topological polar surface area (TPSA) is 117 Å². The number of aryl methyl sites for hydroxylation is 1. The van der Waals surface area contributed by atoms with Gasteiger partial charge in [-0.1, -0.05) is 18.5 Å². The van der Waals surface area contributed by atoms with E-state index in [1.165, 1.54) is 6.07 Å². The van der Waals surface area contributed by atoms with Gasteiger partial charge in [-0.05, 0) is 50.1 Å². The minimum absolute atomic E-state index is 0.0444. The van der Waals surface area contributed by atoms with Gasteiger partial charge in [-0.25, -0.2) is 4.98 Å². The standard InChI is InChI=1S/C23H24ClN5O3/c1-3-10-26-22(31)18-5-4-16(24)13-19(18)28-20(30)7-6-17-14(2)27-21(29-23(17)32)15-8-11-25-12-9-15/h4-5,8-9,11-13H,3,6-7,10H2,1-2H3,(H,26,31)(H,28,30)(H,27,29,32). The first kappa shape index (κ1) is 23.1. The lowest BCUT2D eigenvalue weighted by atomic mass is 10.1. The molecule has 0 bridgehead atoms. The number of anilines is 1. The van der Waals surface area contributed by atoms with E-state index < -0.39 is 0 Å². The highest BCUT2D eigenvalue weighted by Gasteiger charge is 2.16. The van der Waals surface area contributed by atoms with E-state index in [0.717, 1.165) is 12.0 Å². The predicted octanol–water partition coefficient (Wildman–Crippen LogP) is 3.50. The number of benzene rings is 1. The molecular formula is C23H24ClN5O3. The maximum absolute atomic E-state index is 12.6. The zero-order chi connectivity index (χ0) is 23.1. The summed E-state index contributed by atoms with van der Waals surface area (Å²) in [5, 5.41) is 5.91. The first-order valence-electron chi connectivity index (χ1n) is 10.3. The molecule has 2 heterocycles. The van der Waals surface area contributed by atoms with Crippen molar-refractivity contribution in [1.82, 2.24) is 20.3 Å². The summed E-state index contributed by atoms with van der Waals surface area (Å²) in [6.07, 6.45) is 4.28. The Balaban J connectivity index is 1.71. The van der Waals surface area contributed by atoms with Crippen molar-refractivity contribution in [2.45, 2.75) is 33.1 Å². The molecule has 0 atom stereocenters. The Kier molecular flexibility index (Phi) is 7.72. The van der Waals surface area contributed by atoms with Crippen molar-refractivity contribution in [2.75, 3.05) is 11.9 Å². The van der Waals surface area contributed by atoms with Crippen molar-refractivity contribution in [3.8, 4) is 11.4 Å². The molecule has 0 aliphatic heterocycles. The molecule has 0 spiro atoms. The van der Waals surface area contributed by atoms with Crippen molar-refractivity contribution >= 4 is 29.1 Å². The van der Waals surface area contributed by atoms with E-state index in [0.29, 0.717) is 39.9 Å². The minimum atomic E-state index is -0.339. The van der Waals surface area contributed by atoms with Crippen LogP contribution in [0, 0.1) is 6.92 Å². The molecule has 0 fully saturated rings. The highest BCUT2D eigenvalue weighted by molar-refractivity contribution is 6.31. The first-order chi connectivity index (χ1) is 15.4. The third-order valence-electron chi connectivity index (χ3n) is 4.81. The van der Waals surface area contributed by atoms with Gasteiger partial charge in [-0.2, -0.15) is 0 Å². The van der Waals surface area contributed by atoms with Gasteiger partial charge >= 0.3 is 0 Å². The van der Waals surface area contributed by atoms with Gasteiger partial charge in [0.05, 0.1) is 11.3 Å². The average molecular weight is 454 g/mol. The molecule has 0 radical (unpaired) electrons. The maximum Gasteiger partial charge on any atom is 0.254 e. The number of halogens is 1. The van der Waals surface area contributed by atoms with E-state index in [4.69, 9.17) is 11.6 Å². The van der Waals surface area contributed by atoms with Gasteiger partial charge in [0, 0.05) is 47.2 Å². The molecule has 0 saturated heterocycles. The number of aromatic nitrogens is 3. The van der Waals surface area contributed by atoms with Crippen molar-refractivity contribution in [3.05, 3.63) is 74.9 Å². The van der Waals surface area contributed by atoms with Crippen molar-refractivity contribution < 1.29 is 9.59 Å². The maximum atomic E-state index is 12.6. The number of aromatic amines is 1. The molecule has 32 heavy (non-hydrogen) atoms. The van der Waals surface area contributed by atoms with Gasteiger partial charge in [-0.3, -0.25) is 19.4 Å². The molecule has 8 nitrogen and oxygen atoms in total. The largest absolute Gasteiger partial charge is 0.352 e. The lowest BCUT2D eigenvalue weighted by molar-refractivity contribution is -0.116. The molecular weight excluding hydrogens is 430 g/mol. The molecule has 1 aromatic carbocycles. The Bertz CT molecular complexity index is 1180. The van der Waals surface area contributed by atoms with E-state index >= 15 is 0 Å². The van der Waals surface area contributed by atoms with Crippen molar-refractivity contribution in [1.29, 1.82) is 0 Å². The van der Waals surface area contributed by atoms with Gasteiger partial charge in [0.2, 0.25) is 5.91 Å². The van der Waals surface area contributed by atoms with Crippen LogP contribution in [0.5, 0.6) is 0 Å². The number of carbonyl (C=O) groups excluding carboxylic acids is 2. The van der Waals surface area contributed by atoms with E-state index in [1.807, 2.05) is 6.92 Å². The Hall–Kier alpha value is -3.52. The summed E-state index contributed by atoms with van der Waals surface area (Å²) in [7, 11) is 0. The van der Waals surface area contributed by atoms with Gasteiger partial charge in [0.1, 0.15) is 5.82 Å². The predicted molar refractivity (Wildman–Crippen MR) is 124 cm³/mol. The fourth-order valence-corrected chi connectivity index (χ4v) is 3.33.